The molecule has 0 N–H and O–H groups in total. The fourth-order valence-corrected chi connectivity index (χ4v) is 2.68. The molecule has 1 aliphatic rings. The Balaban J connectivity index is 1.69. The van der Waals surface area contributed by atoms with Crippen molar-refractivity contribution in [2.24, 2.45) is 0 Å². The van der Waals surface area contributed by atoms with Crippen LogP contribution in [-0.2, 0) is 9.53 Å². The zero-order valence-electron chi connectivity index (χ0n) is 13.2. The summed E-state index contributed by atoms with van der Waals surface area (Å²) in [6, 6.07) is 6.68. The number of benzene rings is 1. The average molecular weight is 317 g/mol. The van der Waals surface area contributed by atoms with Crippen LogP contribution in [0.3, 0.4) is 0 Å². The normalized spacial score (nSPS) is 18.2. The summed E-state index contributed by atoms with van der Waals surface area (Å²) < 4.78 is 16.1. The number of ether oxygens (including phenoxy) is 2. The fraction of sp³-hybridized carbons (Fsp3) is 0.412. The number of carbonyl (C=O) groups excluding carboxylic acids is 1. The van der Waals surface area contributed by atoms with Crippen LogP contribution in [0.2, 0.25) is 0 Å². The van der Waals surface area contributed by atoms with Gasteiger partial charge in [-0.15, -0.1) is 0 Å². The highest BCUT2D eigenvalue weighted by Gasteiger charge is 2.21. The Bertz CT molecular complexity index is 782. The number of morpholine rings is 1. The molecule has 0 spiro atoms. The molecule has 1 atom stereocenters. The van der Waals surface area contributed by atoms with Crippen molar-refractivity contribution in [2.45, 2.75) is 20.0 Å². The van der Waals surface area contributed by atoms with Gasteiger partial charge in [0.05, 0.1) is 12.7 Å². The molecule has 23 heavy (non-hydrogen) atoms. The number of hydrogen-bond donors (Lipinski definition) is 0. The SMILES string of the molecule is Cc1cc(=O)oc2cc(OCC(=O)N3CCOC(C)C3)ccc12. The van der Waals surface area contributed by atoms with Crippen LogP contribution in [-0.4, -0.2) is 43.2 Å². The molecule has 1 aromatic carbocycles. The van der Waals surface area contributed by atoms with Crippen molar-refractivity contribution >= 4 is 16.9 Å². The number of amides is 1. The van der Waals surface area contributed by atoms with E-state index in [1.54, 1.807) is 17.0 Å². The lowest BCUT2D eigenvalue weighted by molar-refractivity contribution is -0.140. The van der Waals surface area contributed by atoms with Crippen LogP contribution in [0.25, 0.3) is 11.0 Å². The van der Waals surface area contributed by atoms with Gasteiger partial charge in [-0.2, -0.15) is 0 Å². The lowest BCUT2D eigenvalue weighted by atomic mass is 10.1. The number of rotatable bonds is 3. The Kier molecular flexibility index (Phi) is 4.34. The third kappa shape index (κ3) is 3.53. The molecule has 0 bridgehead atoms. The van der Waals surface area contributed by atoms with E-state index in [4.69, 9.17) is 13.9 Å². The molecular formula is C17H19NO5. The lowest BCUT2D eigenvalue weighted by Crippen LogP contribution is -2.46. The van der Waals surface area contributed by atoms with Crippen LogP contribution in [0, 0.1) is 6.92 Å². The highest BCUT2D eigenvalue weighted by atomic mass is 16.5. The van der Waals surface area contributed by atoms with Gasteiger partial charge in [0, 0.05) is 30.6 Å². The molecule has 6 heteroatoms. The Morgan fingerprint density at radius 2 is 2.22 bits per heavy atom. The number of nitrogens with zero attached hydrogens (tertiary/aromatic N) is 1. The van der Waals surface area contributed by atoms with E-state index < -0.39 is 5.63 Å². The highest BCUT2D eigenvalue weighted by molar-refractivity contribution is 5.81. The monoisotopic (exact) mass is 317 g/mol. The molecule has 122 valence electrons. The standard InChI is InChI=1S/C17H19NO5/c1-11-7-17(20)23-15-8-13(3-4-14(11)15)22-10-16(19)18-5-6-21-12(2)9-18/h3-4,7-8,12H,5-6,9-10H2,1-2H3. The van der Waals surface area contributed by atoms with Gasteiger partial charge in [0.1, 0.15) is 11.3 Å². The van der Waals surface area contributed by atoms with Gasteiger partial charge in [-0.05, 0) is 31.5 Å². The Hall–Kier alpha value is -2.34. The molecule has 2 heterocycles. The summed E-state index contributed by atoms with van der Waals surface area (Å²) in [6.45, 7) is 5.45. The highest BCUT2D eigenvalue weighted by Crippen LogP contribution is 2.22. The molecule has 2 aromatic rings. The van der Waals surface area contributed by atoms with E-state index in [2.05, 4.69) is 0 Å². The maximum Gasteiger partial charge on any atom is 0.336 e. The minimum Gasteiger partial charge on any atom is -0.484 e. The Labute approximate surface area is 133 Å². The first-order valence-electron chi connectivity index (χ1n) is 7.59. The first-order chi connectivity index (χ1) is 11.0. The molecule has 1 aromatic heterocycles. The molecule has 6 nitrogen and oxygen atoms in total. The van der Waals surface area contributed by atoms with Gasteiger partial charge in [0.15, 0.2) is 6.61 Å². The molecule has 3 rings (SSSR count). The summed E-state index contributed by atoms with van der Waals surface area (Å²) in [4.78, 5) is 25.3. The lowest BCUT2D eigenvalue weighted by Gasteiger charge is -2.31. The van der Waals surface area contributed by atoms with Gasteiger partial charge in [0.25, 0.3) is 5.91 Å². The van der Waals surface area contributed by atoms with Crippen molar-refractivity contribution < 1.29 is 18.7 Å². The minimum absolute atomic E-state index is 0.0469. The second kappa shape index (κ2) is 6.42. The van der Waals surface area contributed by atoms with Crippen molar-refractivity contribution in [3.63, 3.8) is 0 Å². The first-order valence-corrected chi connectivity index (χ1v) is 7.59. The van der Waals surface area contributed by atoms with E-state index in [0.717, 1.165) is 10.9 Å². The molecule has 0 saturated carbocycles. The third-order valence-electron chi connectivity index (χ3n) is 3.88. The third-order valence-corrected chi connectivity index (χ3v) is 3.88. The van der Waals surface area contributed by atoms with Crippen molar-refractivity contribution in [1.82, 2.24) is 4.90 Å². The number of aryl methyl sites for hydroxylation is 1. The quantitative estimate of drug-likeness (QED) is 0.806. The molecule has 1 unspecified atom stereocenters. The first kappa shape index (κ1) is 15.6. The molecule has 1 aliphatic heterocycles. The predicted octanol–water partition coefficient (Wildman–Crippen LogP) is 1.73. The van der Waals surface area contributed by atoms with Gasteiger partial charge in [-0.25, -0.2) is 4.79 Å². The Morgan fingerprint density at radius 1 is 1.39 bits per heavy atom. The van der Waals surface area contributed by atoms with Crippen LogP contribution in [0.15, 0.2) is 33.5 Å². The van der Waals surface area contributed by atoms with E-state index in [9.17, 15) is 9.59 Å². The molecule has 0 aliphatic carbocycles. The van der Waals surface area contributed by atoms with E-state index in [1.165, 1.54) is 6.07 Å². The average Bonchev–Trinajstić information content (AvgIpc) is 2.52. The summed E-state index contributed by atoms with van der Waals surface area (Å²) in [5.74, 6) is 0.423. The van der Waals surface area contributed by atoms with E-state index in [-0.39, 0.29) is 18.6 Å². The predicted molar refractivity (Wildman–Crippen MR) is 84.7 cm³/mol. The smallest absolute Gasteiger partial charge is 0.336 e. The molecule has 1 fully saturated rings. The maximum absolute atomic E-state index is 12.2. The Morgan fingerprint density at radius 3 is 3.00 bits per heavy atom. The molecule has 1 amide bonds. The summed E-state index contributed by atoms with van der Waals surface area (Å²) in [5.41, 5.74) is 0.909. The van der Waals surface area contributed by atoms with Crippen LogP contribution in [0.5, 0.6) is 5.75 Å². The number of hydrogen-bond acceptors (Lipinski definition) is 5. The van der Waals surface area contributed by atoms with Crippen LogP contribution in [0.1, 0.15) is 12.5 Å². The van der Waals surface area contributed by atoms with Crippen molar-refractivity contribution in [1.29, 1.82) is 0 Å². The van der Waals surface area contributed by atoms with Gasteiger partial charge in [-0.3, -0.25) is 4.79 Å². The summed E-state index contributed by atoms with van der Waals surface area (Å²) in [5, 5.41) is 0.852. The largest absolute Gasteiger partial charge is 0.484 e. The van der Waals surface area contributed by atoms with E-state index in [0.29, 0.717) is 31.0 Å². The van der Waals surface area contributed by atoms with E-state index >= 15 is 0 Å². The second-order valence-electron chi connectivity index (χ2n) is 5.72. The molecular weight excluding hydrogens is 298 g/mol. The fourth-order valence-electron chi connectivity index (χ4n) is 2.68. The molecule has 0 radical (unpaired) electrons. The molecule has 1 saturated heterocycles. The van der Waals surface area contributed by atoms with Gasteiger partial charge >= 0.3 is 5.63 Å². The second-order valence-corrected chi connectivity index (χ2v) is 5.72. The summed E-state index contributed by atoms with van der Waals surface area (Å²) in [7, 11) is 0. The van der Waals surface area contributed by atoms with Gasteiger partial charge < -0.3 is 18.8 Å². The topological polar surface area (TPSA) is 69.0 Å². The minimum atomic E-state index is -0.398. The van der Waals surface area contributed by atoms with Crippen molar-refractivity contribution in [3.05, 3.63) is 40.2 Å². The summed E-state index contributed by atoms with van der Waals surface area (Å²) in [6.07, 6.45) is 0.0469. The van der Waals surface area contributed by atoms with Crippen LogP contribution < -0.4 is 10.4 Å². The van der Waals surface area contributed by atoms with Crippen molar-refractivity contribution in [2.75, 3.05) is 26.3 Å². The maximum atomic E-state index is 12.2. The van der Waals surface area contributed by atoms with E-state index in [1.807, 2.05) is 19.9 Å². The van der Waals surface area contributed by atoms with Crippen LogP contribution >= 0.6 is 0 Å². The van der Waals surface area contributed by atoms with Crippen molar-refractivity contribution in [3.8, 4) is 5.75 Å². The van der Waals surface area contributed by atoms with Gasteiger partial charge in [-0.1, -0.05) is 0 Å². The van der Waals surface area contributed by atoms with Crippen LogP contribution in [0.4, 0.5) is 0 Å². The zero-order chi connectivity index (χ0) is 16.4. The summed E-state index contributed by atoms with van der Waals surface area (Å²) >= 11 is 0. The number of fused-ring (bicyclic) bond motifs is 1. The zero-order valence-corrected chi connectivity index (χ0v) is 13.2. The van der Waals surface area contributed by atoms with Gasteiger partial charge in [0.2, 0.25) is 0 Å². The number of carbonyl (C=O) groups is 1.